The predicted octanol–water partition coefficient (Wildman–Crippen LogP) is 3.06. The van der Waals surface area contributed by atoms with Crippen LogP contribution in [0.2, 0.25) is 0 Å². The molecule has 0 atom stereocenters. The molecule has 0 N–H and O–H groups in total. The van der Waals surface area contributed by atoms with Crippen molar-refractivity contribution in [1.29, 1.82) is 0 Å². The van der Waals surface area contributed by atoms with Crippen LogP contribution in [0.5, 0.6) is 0 Å². The summed E-state index contributed by atoms with van der Waals surface area (Å²) in [6.45, 7) is 7.43. The molecule has 0 fully saturated rings. The van der Waals surface area contributed by atoms with E-state index in [1.54, 1.807) is 0 Å². The van der Waals surface area contributed by atoms with Crippen LogP contribution in [-0.2, 0) is 6.54 Å². The number of fused-ring (bicyclic) bond motifs is 1. The first-order chi connectivity index (χ1) is 6.72. The van der Waals surface area contributed by atoms with Gasteiger partial charge in [-0.1, -0.05) is 13.0 Å². The Balaban J connectivity index is 2.64. The van der Waals surface area contributed by atoms with Crippen molar-refractivity contribution in [2.24, 2.45) is 0 Å². The fraction of sp³-hybridized carbons (Fsp3) is 0.417. The van der Waals surface area contributed by atoms with Crippen molar-refractivity contribution in [3.63, 3.8) is 0 Å². The van der Waals surface area contributed by atoms with E-state index in [1.807, 2.05) is 0 Å². The Hall–Kier alpha value is -1.31. The first-order valence-corrected chi connectivity index (χ1v) is 5.16. The molecule has 14 heavy (non-hydrogen) atoms. The third-order valence-corrected chi connectivity index (χ3v) is 2.54. The quantitative estimate of drug-likeness (QED) is 0.708. The van der Waals surface area contributed by atoms with Crippen LogP contribution in [0.4, 0.5) is 0 Å². The summed E-state index contributed by atoms with van der Waals surface area (Å²) in [5.74, 6) is 1.12. The smallest absolute Gasteiger partial charge is 0.106 e. The molecule has 2 heteroatoms. The number of imidazole rings is 1. The fourth-order valence-electron chi connectivity index (χ4n) is 1.87. The zero-order valence-electron chi connectivity index (χ0n) is 9.04. The number of aromatic nitrogens is 2. The summed E-state index contributed by atoms with van der Waals surface area (Å²) in [6.07, 6.45) is 1.15. The van der Waals surface area contributed by atoms with Gasteiger partial charge in [-0.2, -0.15) is 0 Å². The van der Waals surface area contributed by atoms with Crippen LogP contribution in [0, 0.1) is 13.8 Å². The van der Waals surface area contributed by atoms with E-state index in [9.17, 15) is 0 Å². The largest absolute Gasteiger partial charge is 0.328 e. The molecule has 0 radical (unpaired) electrons. The molecule has 0 aliphatic carbocycles. The van der Waals surface area contributed by atoms with Crippen molar-refractivity contribution in [3.8, 4) is 0 Å². The monoisotopic (exact) mass is 188 g/mol. The molecule has 0 saturated carbocycles. The third-order valence-electron chi connectivity index (χ3n) is 2.54. The molecule has 0 unspecified atom stereocenters. The highest BCUT2D eigenvalue weighted by Gasteiger charge is 2.05. The van der Waals surface area contributed by atoms with Crippen LogP contribution in [0.3, 0.4) is 0 Å². The highest BCUT2D eigenvalue weighted by atomic mass is 15.1. The molecule has 1 heterocycles. The van der Waals surface area contributed by atoms with E-state index in [-0.39, 0.29) is 0 Å². The summed E-state index contributed by atoms with van der Waals surface area (Å²) in [4.78, 5) is 4.56. The second-order valence-electron chi connectivity index (χ2n) is 3.80. The molecular formula is C12H16N2. The van der Waals surface area contributed by atoms with Crippen LogP contribution in [0.25, 0.3) is 11.0 Å². The number of rotatable bonds is 2. The van der Waals surface area contributed by atoms with Crippen LogP contribution >= 0.6 is 0 Å². The molecule has 0 amide bonds. The molecule has 0 spiro atoms. The molecule has 2 rings (SSSR count). The molecule has 0 aliphatic rings. The summed E-state index contributed by atoms with van der Waals surface area (Å²) >= 11 is 0. The van der Waals surface area contributed by atoms with Gasteiger partial charge in [-0.3, -0.25) is 0 Å². The topological polar surface area (TPSA) is 17.8 Å². The summed E-state index contributed by atoms with van der Waals surface area (Å²) in [6, 6.07) is 6.46. The second kappa shape index (κ2) is 3.45. The minimum absolute atomic E-state index is 1.06. The predicted molar refractivity (Wildman–Crippen MR) is 59.5 cm³/mol. The zero-order chi connectivity index (χ0) is 10.1. The molecular weight excluding hydrogens is 172 g/mol. The maximum absolute atomic E-state index is 4.56. The van der Waals surface area contributed by atoms with E-state index in [0.717, 1.165) is 24.3 Å². The van der Waals surface area contributed by atoms with E-state index >= 15 is 0 Å². The van der Waals surface area contributed by atoms with Gasteiger partial charge in [0.2, 0.25) is 0 Å². The van der Waals surface area contributed by atoms with Gasteiger partial charge in [0.1, 0.15) is 5.82 Å². The van der Waals surface area contributed by atoms with Crippen molar-refractivity contribution < 1.29 is 0 Å². The summed E-state index contributed by atoms with van der Waals surface area (Å²) in [5, 5.41) is 0. The van der Waals surface area contributed by atoms with E-state index in [1.165, 1.54) is 11.1 Å². The van der Waals surface area contributed by atoms with Gasteiger partial charge >= 0.3 is 0 Å². The van der Waals surface area contributed by atoms with Crippen molar-refractivity contribution in [1.82, 2.24) is 9.55 Å². The zero-order valence-corrected chi connectivity index (χ0v) is 9.04. The lowest BCUT2D eigenvalue weighted by molar-refractivity contribution is 0.676. The van der Waals surface area contributed by atoms with Crippen LogP contribution in [-0.4, -0.2) is 9.55 Å². The van der Waals surface area contributed by atoms with Crippen LogP contribution < -0.4 is 0 Å². The Morgan fingerprint density at radius 2 is 2.07 bits per heavy atom. The molecule has 0 saturated heterocycles. The fourth-order valence-corrected chi connectivity index (χ4v) is 1.87. The average Bonchev–Trinajstić information content (AvgIpc) is 2.43. The normalized spacial score (nSPS) is 11.1. The molecule has 2 aromatic rings. The maximum atomic E-state index is 4.56. The first-order valence-electron chi connectivity index (χ1n) is 5.16. The summed E-state index contributed by atoms with van der Waals surface area (Å²) in [5.41, 5.74) is 3.66. The minimum Gasteiger partial charge on any atom is -0.328 e. The van der Waals surface area contributed by atoms with E-state index in [4.69, 9.17) is 0 Å². The van der Waals surface area contributed by atoms with E-state index in [0.29, 0.717) is 0 Å². The Kier molecular flexibility index (Phi) is 2.28. The van der Waals surface area contributed by atoms with Gasteiger partial charge in [-0.05, 0) is 38.0 Å². The lowest BCUT2D eigenvalue weighted by atomic mass is 10.2. The first kappa shape index (κ1) is 9.25. The van der Waals surface area contributed by atoms with Gasteiger partial charge in [-0.25, -0.2) is 4.98 Å². The van der Waals surface area contributed by atoms with E-state index in [2.05, 4.69) is 48.5 Å². The van der Waals surface area contributed by atoms with E-state index < -0.39 is 0 Å². The molecule has 2 nitrogen and oxygen atoms in total. The Labute approximate surface area is 84.6 Å². The Morgan fingerprint density at radius 3 is 2.79 bits per heavy atom. The van der Waals surface area contributed by atoms with Crippen LogP contribution in [0.15, 0.2) is 18.2 Å². The molecule has 0 bridgehead atoms. The highest BCUT2D eigenvalue weighted by molar-refractivity contribution is 5.76. The number of aryl methyl sites for hydroxylation is 3. The van der Waals surface area contributed by atoms with Gasteiger partial charge in [0.05, 0.1) is 11.0 Å². The molecule has 74 valence electrons. The summed E-state index contributed by atoms with van der Waals surface area (Å²) < 4.78 is 2.29. The molecule has 0 aliphatic heterocycles. The molecule has 1 aromatic heterocycles. The number of hydrogen-bond donors (Lipinski definition) is 0. The SMILES string of the molecule is CCCn1c(C)nc2cc(C)ccc21. The van der Waals surface area contributed by atoms with Gasteiger partial charge in [0.25, 0.3) is 0 Å². The standard InChI is InChI=1S/C12H16N2/c1-4-7-14-10(3)13-11-8-9(2)5-6-12(11)14/h5-6,8H,4,7H2,1-3H3. The Morgan fingerprint density at radius 1 is 1.29 bits per heavy atom. The average molecular weight is 188 g/mol. The number of benzene rings is 1. The number of nitrogens with zero attached hydrogens (tertiary/aromatic N) is 2. The minimum atomic E-state index is 1.06. The van der Waals surface area contributed by atoms with Gasteiger partial charge < -0.3 is 4.57 Å². The Bertz CT molecular complexity index is 455. The van der Waals surface area contributed by atoms with Crippen molar-refractivity contribution in [3.05, 3.63) is 29.6 Å². The van der Waals surface area contributed by atoms with Crippen molar-refractivity contribution >= 4 is 11.0 Å². The highest BCUT2D eigenvalue weighted by Crippen LogP contribution is 2.17. The second-order valence-corrected chi connectivity index (χ2v) is 3.80. The van der Waals surface area contributed by atoms with Crippen molar-refractivity contribution in [2.45, 2.75) is 33.7 Å². The van der Waals surface area contributed by atoms with Gasteiger partial charge in [0, 0.05) is 6.54 Å². The lowest BCUT2D eigenvalue weighted by Crippen LogP contribution is -1.98. The number of hydrogen-bond acceptors (Lipinski definition) is 1. The molecule has 1 aromatic carbocycles. The third kappa shape index (κ3) is 1.41. The van der Waals surface area contributed by atoms with Gasteiger partial charge in [-0.15, -0.1) is 0 Å². The van der Waals surface area contributed by atoms with Crippen molar-refractivity contribution in [2.75, 3.05) is 0 Å². The van der Waals surface area contributed by atoms with Crippen LogP contribution in [0.1, 0.15) is 24.7 Å². The maximum Gasteiger partial charge on any atom is 0.106 e. The summed E-state index contributed by atoms with van der Waals surface area (Å²) in [7, 11) is 0. The lowest BCUT2D eigenvalue weighted by Gasteiger charge is -2.03. The van der Waals surface area contributed by atoms with Gasteiger partial charge in [0.15, 0.2) is 0 Å².